The van der Waals surface area contributed by atoms with Gasteiger partial charge in [-0.1, -0.05) is 30.3 Å². The van der Waals surface area contributed by atoms with Crippen LogP contribution < -0.4 is 5.32 Å². The highest BCUT2D eigenvalue weighted by Gasteiger charge is 2.00. The van der Waals surface area contributed by atoms with Crippen LogP contribution in [-0.4, -0.2) is 25.9 Å². The second-order valence-corrected chi connectivity index (χ2v) is 3.19. The minimum absolute atomic E-state index is 0.293. The Labute approximate surface area is 95.6 Å². The maximum atomic E-state index is 11.2. The number of nitrogens with one attached hydrogen (secondary N) is 1. The van der Waals surface area contributed by atoms with Gasteiger partial charge in [-0.05, 0) is 12.5 Å². The topological polar surface area (TPSA) is 47.6 Å². The first kappa shape index (κ1) is 12.5. The first-order valence-corrected chi connectivity index (χ1v) is 5.35. The average molecular weight is 223 g/mol. The Bertz CT molecular complexity index is 300. The molecule has 0 saturated carbocycles. The van der Waals surface area contributed by atoms with Crippen LogP contribution >= 0.6 is 0 Å². The lowest BCUT2D eigenvalue weighted by Crippen LogP contribution is -2.27. The van der Waals surface area contributed by atoms with Gasteiger partial charge in [-0.25, -0.2) is 4.79 Å². The van der Waals surface area contributed by atoms with E-state index in [1.54, 1.807) is 0 Å². The van der Waals surface area contributed by atoms with E-state index in [1.165, 1.54) is 0 Å². The molecule has 88 valence electrons. The Morgan fingerprint density at radius 2 is 2.06 bits per heavy atom. The van der Waals surface area contributed by atoms with Gasteiger partial charge in [-0.2, -0.15) is 0 Å². The summed E-state index contributed by atoms with van der Waals surface area (Å²) in [5, 5.41) is 2.60. The summed E-state index contributed by atoms with van der Waals surface area (Å²) in [4.78, 5) is 11.2. The van der Waals surface area contributed by atoms with E-state index in [0.717, 1.165) is 5.56 Å². The molecule has 0 bridgehead atoms. The van der Waals surface area contributed by atoms with Gasteiger partial charge in [-0.15, -0.1) is 0 Å². The zero-order valence-corrected chi connectivity index (χ0v) is 9.44. The average Bonchev–Trinajstić information content (AvgIpc) is 2.33. The van der Waals surface area contributed by atoms with Crippen LogP contribution in [0.5, 0.6) is 0 Å². The fourth-order valence-corrected chi connectivity index (χ4v) is 1.14. The van der Waals surface area contributed by atoms with Crippen molar-refractivity contribution >= 4 is 6.09 Å². The van der Waals surface area contributed by atoms with Crippen molar-refractivity contribution in [1.29, 1.82) is 0 Å². The normalized spacial score (nSPS) is 9.81. The van der Waals surface area contributed by atoms with Gasteiger partial charge in [-0.3, -0.25) is 0 Å². The molecule has 4 nitrogen and oxygen atoms in total. The van der Waals surface area contributed by atoms with Crippen molar-refractivity contribution in [2.45, 2.75) is 13.5 Å². The molecule has 0 aromatic heterocycles. The first-order chi connectivity index (χ1) is 7.83. The second-order valence-electron chi connectivity index (χ2n) is 3.19. The summed E-state index contributed by atoms with van der Waals surface area (Å²) in [5.74, 6) is 0. The molecule has 1 aromatic carbocycles. The summed E-state index contributed by atoms with van der Waals surface area (Å²) in [6.07, 6.45) is -0.413. The van der Waals surface area contributed by atoms with Gasteiger partial charge in [0.1, 0.15) is 6.61 Å². The molecule has 0 saturated heterocycles. The summed E-state index contributed by atoms with van der Waals surface area (Å²) < 4.78 is 10.1. The Hall–Kier alpha value is -1.55. The highest BCUT2D eigenvalue weighted by molar-refractivity contribution is 5.67. The Morgan fingerprint density at radius 1 is 1.31 bits per heavy atom. The minimum Gasteiger partial charge on any atom is -0.445 e. The van der Waals surface area contributed by atoms with E-state index >= 15 is 0 Å². The lowest BCUT2D eigenvalue weighted by molar-refractivity contribution is 0.124. The van der Waals surface area contributed by atoms with Crippen LogP contribution in [-0.2, 0) is 16.1 Å². The van der Waals surface area contributed by atoms with E-state index in [9.17, 15) is 4.79 Å². The lowest BCUT2D eigenvalue weighted by Gasteiger charge is -2.06. The molecule has 0 aliphatic carbocycles. The molecule has 1 rings (SSSR count). The van der Waals surface area contributed by atoms with Gasteiger partial charge >= 0.3 is 6.09 Å². The fourth-order valence-electron chi connectivity index (χ4n) is 1.14. The van der Waals surface area contributed by atoms with Crippen molar-refractivity contribution in [2.75, 3.05) is 19.8 Å². The molecular weight excluding hydrogens is 206 g/mol. The summed E-state index contributed by atoms with van der Waals surface area (Å²) in [6, 6.07) is 9.56. The standard InChI is InChI=1S/C12H17NO3/c1-2-15-9-8-13-12(14)16-10-11-6-4-3-5-7-11/h3-7H,2,8-10H2,1H3,(H,13,14). The Balaban J connectivity index is 2.11. The van der Waals surface area contributed by atoms with Gasteiger partial charge in [0.25, 0.3) is 0 Å². The predicted octanol–water partition coefficient (Wildman–Crippen LogP) is 1.95. The first-order valence-electron chi connectivity index (χ1n) is 5.35. The van der Waals surface area contributed by atoms with Crippen LogP contribution in [0.3, 0.4) is 0 Å². The summed E-state index contributed by atoms with van der Waals surface area (Å²) >= 11 is 0. The third kappa shape index (κ3) is 5.36. The number of ether oxygens (including phenoxy) is 2. The number of alkyl carbamates (subject to hydrolysis) is 1. The highest BCUT2D eigenvalue weighted by atomic mass is 16.5. The van der Waals surface area contributed by atoms with Crippen molar-refractivity contribution in [2.24, 2.45) is 0 Å². The van der Waals surface area contributed by atoms with Gasteiger partial charge in [0.05, 0.1) is 6.61 Å². The zero-order valence-electron chi connectivity index (χ0n) is 9.44. The molecule has 0 atom stereocenters. The number of rotatable bonds is 6. The van der Waals surface area contributed by atoms with Gasteiger partial charge in [0.2, 0.25) is 0 Å². The molecule has 1 amide bonds. The molecular formula is C12H17NO3. The number of hydrogen-bond acceptors (Lipinski definition) is 3. The minimum atomic E-state index is -0.413. The molecule has 0 unspecified atom stereocenters. The van der Waals surface area contributed by atoms with Crippen LogP contribution in [0.2, 0.25) is 0 Å². The molecule has 0 radical (unpaired) electrons. The molecule has 0 aliphatic heterocycles. The van der Waals surface area contributed by atoms with E-state index in [4.69, 9.17) is 9.47 Å². The van der Waals surface area contributed by atoms with Crippen LogP contribution in [0.4, 0.5) is 4.79 Å². The third-order valence-electron chi connectivity index (χ3n) is 1.93. The molecule has 0 spiro atoms. The summed E-state index contributed by atoms with van der Waals surface area (Å²) in [7, 11) is 0. The van der Waals surface area contributed by atoms with E-state index in [-0.39, 0.29) is 0 Å². The van der Waals surface area contributed by atoms with E-state index in [1.807, 2.05) is 37.3 Å². The molecule has 16 heavy (non-hydrogen) atoms. The number of hydrogen-bond donors (Lipinski definition) is 1. The van der Waals surface area contributed by atoms with Crippen molar-refractivity contribution in [3.05, 3.63) is 35.9 Å². The number of benzene rings is 1. The Kier molecular flexibility index (Phi) is 6.03. The zero-order chi connectivity index (χ0) is 11.6. The van der Waals surface area contributed by atoms with Gasteiger partial charge in [0, 0.05) is 13.2 Å². The predicted molar refractivity (Wildman–Crippen MR) is 61.1 cm³/mol. The quantitative estimate of drug-likeness (QED) is 0.750. The molecule has 1 aromatic rings. The van der Waals surface area contributed by atoms with Crippen molar-refractivity contribution in [3.63, 3.8) is 0 Å². The fraction of sp³-hybridized carbons (Fsp3) is 0.417. The van der Waals surface area contributed by atoms with Crippen molar-refractivity contribution < 1.29 is 14.3 Å². The van der Waals surface area contributed by atoms with Crippen molar-refractivity contribution in [3.8, 4) is 0 Å². The van der Waals surface area contributed by atoms with E-state index in [2.05, 4.69) is 5.32 Å². The van der Waals surface area contributed by atoms with Crippen LogP contribution in [0.15, 0.2) is 30.3 Å². The van der Waals surface area contributed by atoms with Gasteiger partial charge in [0.15, 0.2) is 0 Å². The van der Waals surface area contributed by atoms with Gasteiger partial charge < -0.3 is 14.8 Å². The lowest BCUT2D eigenvalue weighted by atomic mass is 10.2. The maximum absolute atomic E-state index is 11.2. The molecule has 1 N–H and O–H groups in total. The third-order valence-corrected chi connectivity index (χ3v) is 1.93. The van der Waals surface area contributed by atoms with Crippen LogP contribution in [0.25, 0.3) is 0 Å². The van der Waals surface area contributed by atoms with E-state index < -0.39 is 6.09 Å². The number of carbonyl (C=O) groups is 1. The number of amides is 1. The smallest absolute Gasteiger partial charge is 0.407 e. The van der Waals surface area contributed by atoms with E-state index in [0.29, 0.717) is 26.4 Å². The molecule has 0 fully saturated rings. The summed E-state index contributed by atoms with van der Waals surface area (Å²) in [5.41, 5.74) is 0.974. The monoisotopic (exact) mass is 223 g/mol. The largest absolute Gasteiger partial charge is 0.445 e. The van der Waals surface area contributed by atoms with Crippen molar-refractivity contribution in [1.82, 2.24) is 5.32 Å². The Morgan fingerprint density at radius 3 is 2.75 bits per heavy atom. The van der Waals surface area contributed by atoms with Crippen LogP contribution in [0, 0.1) is 0 Å². The summed E-state index contributed by atoms with van der Waals surface area (Å²) in [6.45, 7) is 3.84. The molecule has 0 heterocycles. The maximum Gasteiger partial charge on any atom is 0.407 e. The SMILES string of the molecule is CCOCCNC(=O)OCc1ccccc1. The molecule has 4 heteroatoms. The highest BCUT2D eigenvalue weighted by Crippen LogP contribution is 2.00. The second kappa shape index (κ2) is 7.70. The van der Waals surface area contributed by atoms with Crippen LogP contribution in [0.1, 0.15) is 12.5 Å². The number of carbonyl (C=O) groups excluding carboxylic acids is 1. The molecule has 0 aliphatic rings.